The highest BCUT2D eigenvalue weighted by Crippen LogP contribution is 2.50. The molecule has 9 aromatic rings. The van der Waals surface area contributed by atoms with E-state index in [-0.39, 0.29) is 0 Å². The SMILES string of the molecule is C1=CC2=C(CC1)Cc1ccccc1N2c1ccc2c(-c3cccc(-c4ccc5ccccc5c4)c3)c3cc(N4C5=C(CCC=C5)Cc5ccccc54)ccc3c(-c3ccccc3)c2c1. The third kappa shape index (κ3) is 6.01. The van der Waals surface area contributed by atoms with E-state index < -0.39 is 0 Å². The third-order valence-electron chi connectivity index (χ3n) is 14.2. The molecule has 0 saturated carbocycles. The van der Waals surface area contributed by atoms with Crippen LogP contribution in [0.15, 0.2) is 229 Å². The zero-order valence-electron chi connectivity index (χ0n) is 35.8. The lowest BCUT2D eigenvalue weighted by Crippen LogP contribution is -2.24. The van der Waals surface area contributed by atoms with Gasteiger partial charge in [-0.25, -0.2) is 0 Å². The first-order chi connectivity index (χ1) is 31.7. The summed E-state index contributed by atoms with van der Waals surface area (Å²) in [5.74, 6) is 0. The van der Waals surface area contributed by atoms with Crippen LogP contribution in [0.5, 0.6) is 0 Å². The van der Waals surface area contributed by atoms with Crippen LogP contribution in [0.4, 0.5) is 22.7 Å². The van der Waals surface area contributed by atoms with E-state index in [1.807, 2.05) is 0 Å². The van der Waals surface area contributed by atoms with E-state index in [1.54, 1.807) is 0 Å². The highest BCUT2D eigenvalue weighted by Gasteiger charge is 2.29. The minimum absolute atomic E-state index is 1.01. The molecule has 0 bridgehead atoms. The van der Waals surface area contributed by atoms with Crippen LogP contribution in [0.25, 0.3) is 65.7 Å². The molecular formula is C62H46N2. The van der Waals surface area contributed by atoms with Gasteiger partial charge in [0.05, 0.1) is 0 Å². The van der Waals surface area contributed by atoms with E-state index in [9.17, 15) is 0 Å². The fraction of sp³-hybridized carbons (Fsp3) is 0.0968. The molecule has 0 aromatic heterocycles. The average Bonchev–Trinajstić information content (AvgIpc) is 3.36. The predicted molar refractivity (Wildman–Crippen MR) is 271 cm³/mol. The van der Waals surface area contributed by atoms with Crippen LogP contribution in [-0.2, 0) is 12.8 Å². The van der Waals surface area contributed by atoms with Crippen LogP contribution in [0.3, 0.4) is 0 Å². The van der Waals surface area contributed by atoms with Crippen molar-refractivity contribution in [3.05, 3.63) is 240 Å². The molecule has 2 nitrogen and oxygen atoms in total. The molecule has 0 amide bonds. The van der Waals surface area contributed by atoms with Crippen molar-refractivity contribution in [3.63, 3.8) is 0 Å². The van der Waals surface area contributed by atoms with Gasteiger partial charge in [0.1, 0.15) is 0 Å². The van der Waals surface area contributed by atoms with Crippen LogP contribution in [0.2, 0.25) is 0 Å². The minimum Gasteiger partial charge on any atom is -0.310 e. The third-order valence-corrected chi connectivity index (χ3v) is 14.2. The van der Waals surface area contributed by atoms with Gasteiger partial charge in [-0.1, -0.05) is 146 Å². The monoisotopic (exact) mass is 818 g/mol. The second-order valence-corrected chi connectivity index (χ2v) is 17.9. The van der Waals surface area contributed by atoms with Crippen molar-refractivity contribution in [2.75, 3.05) is 9.80 Å². The van der Waals surface area contributed by atoms with Crippen molar-refractivity contribution >= 4 is 55.1 Å². The molecule has 4 aliphatic rings. The van der Waals surface area contributed by atoms with Crippen molar-refractivity contribution in [2.24, 2.45) is 0 Å². The zero-order valence-corrected chi connectivity index (χ0v) is 35.8. The molecule has 0 N–H and O–H groups in total. The number of para-hydroxylation sites is 2. The molecule has 0 spiro atoms. The normalized spacial score (nSPS) is 15.4. The summed E-state index contributed by atoms with van der Waals surface area (Å²) in [7, 11) is 0. The molecule has 2 heteroatoms. The molecule has 0 fully saturated rings. The van der Waals surface area contributed by atoms with Crippen LogP contribution in [-0.4, -0.2) is 0 Å². The summed E-state index contributed by atoms with van der Waals surface area (Å²) in [6.45, 7) is 0. The Morgan fingerprint density at radius 1 is 0.344 bits per heavy atom. The number of hydrogen-bond donors (Lipinski definition) is 0. The summed E-state index contributed by atoms with van der Waals surface area (Å²) in [5.41, 5.74) is 20.8. The van der Waals surface area contributed by atoms with Gasteiger partial charge >= 0.3 is 0 Å². The number of fused-ring (bicyclic) bond motifs is 5. The predicted octanol–water partition coefficient (Wildman–Crippen LogP) is 16.7. The van der Waals surface area contributed by atoms with Gasteiger partial charge in [-0.2, -0.15) is 0 Å². The lowest BCUT2D eigenvalue weighted by atomic mass is 9.84. The lowest BCUT2D eigenvalue weighted by Gasteiger charge is -2.36. The second-order valence-electron chi connectivity index (χ2n) is 17.9. The summed E-state index contributed by atoms with van der Waals surface area (Å²) in [4.78, 5) is 5.06. The highest BCUT2D eigenvalue weighted by molar-refractivity contribution is 6.22. The first kappa shape index (κ1) is 36.9. The fourth-order valence-electron chi connectivity index (χ4n) is 11.2. The molecule has 64 heavy (non-hydrogen) atoms. The number of allylic oxidation sites excluding steroid dienone is 6. The minimum atomic E-state index is 1.01. The molecule has 2 heterocycles. The summed E-state index contributed by atoms with van der Waals surface area (Å²) < 4.78 is 0. The zero-order chi connectivity index (χ0) is 42.1. The number of benzene rings is 9. The maximum Gasteiger partial charge on any atom is 0.0496 e. The maximum atomic E-state index is 2.53. The standard InChI is InChI=1S/C62H46N2/c1-2-16-42(17-3-1)61-53-33-31-52(64-59-27-12-8-21-48(59)38-49-22-9-13-28-60(49)64)40-56(53)62(50-24-14-23-44(36-50)45-30-29-41-15-4-5-18-43(41)35-45)54-34-32-51(39-55(54)61)63-57-25-10-6-19-46(57)37-47-20-7-11-26-58(47)63/h1-6,8,10-19,21,23-36,39-40H,7,9,20,22,37-38H2. The second kappa shape index (κ2) is 15.0. The molecule has 0 saturated heterocycles. The number of hydrogen-bond acceptors (Lipinski definition) is 2. The van der Waals surface area contributed by atoms with Gasteiger partial charge in [-0.3, -0.25) is 0 Å². The smallest absolute Gasteiger partial charge is 0.0496 e. The molecule has 304 valence electrons. The molecule has 0 radical (unpaired) electrons. The Kier molecular flexibility index (Phi) is 8.65. The van der Waals surface area contributed by atoms with Crippen molar-refractivity contribution < 1.29 is 0 Å². The van der Waals surface area contributed by atoms with Gasteiger partial charge in [0.2, 0.25) is 0 Å². The van der Waals surface area contributed by atoms with Gasteiger partial charge < -0.3 is 9.80 Å². The van der Waals surface area contributed by atoms with E-state index in [1.165, 1.54) is 122 Å². The Bertz CT molecular complexity index is 3510. The Balaban J connectivity index is 1.11. The average molecular weight is 819 g/mol. The van der Waals surface area contributed by atoms with E-state index in [0.717, 1.165) is 38.5 Å². The quantitative estimate of drug-likeness (QED) is 0.160. The summed E-state index contributed by atoms with van der Waals surface area (Å²) in [5, 5.41) is 7.51. The number of rotatable bonds is 5. The van der Waals surface area contributed by atoms with Gasteiger partial charge in [-0.05, 0) is 187 Å². The van der Waals surface area contributed by atoms with Crippen molar-refractivity contribution in [2.45, 2.75) is 38.5 Å². The first-order valence-electron chi connectivity index (χ1n) is 23.0. The Labute approximate surface area is 375 Å². The Morgan fingerprint density at radius 3 is 1.50 bits per heavy atom. The van der Waals surface area contributed by atoms with Gasteiger partial charge in [-0.15, -0.1) is 0 Å². The number of anilines is 4. The summed E-state index contributed by atoms with van der Waals surface area (Å²) in [6, 6.07) is 68.5. The Hall–Kier alpha value is -7.68. The largest absolute Gasteiger partial charge is 0.310 e. The topological polar surface area (TPSA) is 6.48 Å². The fourth-order valence-corrected chi connectivity index (χ4v) is 11.2. The molecule has 0 atom stereocenters. The molecule has 2 aliphatic carbocycles. The van der Waals surface area contributed by atoms with E-state index in [4.69, 9.17) is 0 Å². The molecule has 2 aliphatic heterocycles. The van der Waals surface area contributed by atoms with Gasteiger partial charge in [0.15, 0.2) is 0 Å². The summed E-state index contributed by atoms with van der Waals surface area (Å²) >= 11 is 0. The number of nitrogens with zero attached hydrogens (tertiary/aromatic N) is 2. The van der Waals surface area contributed by atoms with Crippen LogP contribution < -0.4 is 9.80 Å². The van der Waals surface area contributed by atoms with Crippen LogP contribution >= 0.6 is 0 Å². The van der Waals surface area contributed by atoms with E-state index >= 15 is 0 Å². The molecule has 0 unspecified atom stereocenters. The summed E-state index contributed by atoms with van der Waals surface area (Å²) in [6.07, 6.45) is 15.8. The first-order valence-corrected chi connectivity index (χ1v) is 23.0. The van der Waals surface area contributed by atoms with E-state index in [2.05, 4.69) is 216 Å². The lowest BCUT2D eigenvalue weighted by molar-refractivity contribution is 0.857. The van der Waals surface area contributed by atoms with Crippen LogP contribution in [0, 0.1) is 0 Å². The van der Waals surface area contributed by atoms with Gasteiger partial charge in [0, 0.05) is 34.1 Å². The molecule has 13 rings (SSSR count). The van der Waals surface area contributed by atoms with E-state index in [0.29, 0.717) is 0 Å². The van der Waals surface area contributed by atoms with Crippen molar-refractivity contribution in [3.8, 4) is 33.4 Å². The maximum absolute atomic E-state index is 2.53. The van der Waals surface area contributed by atoms with Crippen molar-refractivity contribution in [1.29, 1.82) is 0 Å². The molecule has 9 aromatic carbocycles. The van der Waals surface area contributed by atoms with Gasteiger partial charge in [0.25, 0.3) is 0 Å². The van der Waals surface area contributed by atoms with Crippen LogP contribution in [0.1, 0.15) is 36.8 Å². The Morgan fingerprint density at radius 2 is 0.859 bits per heavy atom. The molecular weight excluding hydrogens is 773 g/mol. The van der Waals surface area contributed by atoms with Crippen molar-refractivity contribution in [1.82, 2.24) is 0 Å². The highest BCUT2D eigenvalue weighted by atomic mass is 15.2.